The Morgan fingerprint density at radius 2 is 2.17 bits per heavy atom. The number of likely N-dealkylation sites (N-methyl/N-ethyl adjacent to an activating group) is 1. The molecule has 1 atom stereocenters. The lowest BCUT2D eigenvalue weighted by atomic mass is 10.1. The molecule has 0 aromatic heterocycles. The zero-order valence-corrected chi connectivity index (χ0v) is 11.5. The van der Waals surface area contributed by atoms with Crippen molar-refractivity contribution in [1.82, 2.24) is 10.2 Å². The van der Waals surface area contributed by atoms with E-state index in [1.54, 1.807) is 7.11 Å². The Hall–Kier alpha value is -1.06. The van der Waals surface area contributed by atoms with Crippen molar-refractivity contribution < 1.29 is 4.74 Å². The third-order valence-electron chi connectivity index (χ3n) is 3.76. The van der Waals surface area contributed by atoms with Crippen LogP contribution in [-0.2, 0) is 6.54 Å². The summed E-state index contributed by atoms with van der Waals surface area (Å²) in [6.07, 6.45) is 3.92. The molecule has 3 heteroatoms. The van der Waals surface area contributed by atoms with Crippen LogP contribution in [0.15, 0.2) is 24.3 Å². The number of ether oxygens (including phenoxy) is 1. The quantitative estimate of drug-likeness (QED) is 0.884. The van der Waals surface area contributed by atoms with Crippen LogP contribution >= 0.6 is 0 Å². The van der Waals surface area contributed by atoms with Gasteiger partial charge in [0.15, 0.2) is 0 Å². The van der Waals surface area contributed by atoms with Crippen molar-refractivity contribution in [3.63, 3.8) is 0 Å². The maximum atomic E-state index is 5.42. The SMILES string of the molecule is COc1ccccc1CN(C)C1CCCCNC1. The number of hydrogen-bond acceptors (Lipinski definition) is 3. The number of nitrogens with zero attached hydrogens (tertiary/aromatic N) is 1. The van der Waals surface area contributed by atoms with Crippen LogP contribution in [0.1, 0.15) is 24.8 Å². The summed E-state index contributed by atoms with van der Waals surface area (Å²) in [6, 6.07) is 8.93. The van der Waals surface area contributed by atoms with Gasteiger partial charge in [-0.25, -0.2) is 0 Å². The first kappa shape index (κ1) is 13.4. The molecule has 0 saturated carbocycles. The highest BCUT2D eigenvalue weighted by Gasteiger charge is 2.17. The predicted octanol–water partition coefficient (Wildman–Crippen LogP) is 2.27. The molecular weight excluding hydrogens is 224 g/mol. The van der Waals surface area contributed by atoms with Crippen LogP contribution in [0.5, 0.6) is 5.75 Å². The molecule has 1 heterocycles. The van der Waals surface area contributed by atoms with Gasteiger partial charge in [0.2, 0.25) is 0 Å². The minimum atomic E-state index is 0.636. The van der Waals surface area contributed by atoms with E-state index in [2.05, 4.69) is 29.4 Å². The zero-order chi connectivity index (χ0) is 12.8. The van der Waals surface area contributed by atoms with Crippen LogP contribution in [0.25, 0.3) is 0 Å². The van der Waals surface area contributed by atoms with Crippen molar-refractivity contribution in [2.45, 2.75) is 31.8 Å². The van der Waals surface area contributed by atoms with E-state index in [1.807, 2.05) is 12.1 Å². The van der Waals surface area contributed by atoms with Crippen molar-refractivity contribution >= 4 is 0 Å². The van der Waals surface area contributed by atoms with E-state index in [0.717, 1.165) is 18.8 Å². The predicted molar refractivity (Wildman–Crippen MR) is 75.0 cm³/mol. The van der Waals surface area contributed by atoms with E-state index in [0.29, 0.717) is 6.04 Å². The number of benzene rings is 1. The molecule has 1 aliphatic heterocycles. The molecule has 0 spiro atoms. The normalized spacial score (nSPS) is 20.7. The van der Waals surface area contributed by atoms with Crippen LogP contribution in [0.3, 0.4) is 0 Å². The third-order valence-corrected chi connectivity index (χ3v) is 3.76. The average Bonchev–Trinajstić information content (AvgIpc) is 2.68. The second-order valence-corrected chi connectivity index (χ2v) is 5.08. The number of hydrogen-bond donors (Lipinski definition) is 1. The largest absolute Gasteiger partial charge is 0.496 e. The van der Waals surface area contributed by atoms with Crippen LogP contribution < -0.4 is 10.1 Å². The monoisotopic (exact) mass is 248 g/mol. The van der Waals surface area contributed by atoms with Gasteiger partial charge < -0.3 is 10.1 Å². The van der Waals surface area contributed by atoms with Crippen LogP contribution in [-0.4, -0.2) is 38.2 Å². The van der Waals surface area contributed by atoms with Crippen molar-refractivity contribution in [1.29, 1.82) is 0 Å². The standard InChI is InChI=1S/C15H24N2O/c1-17(14-8-5-6-10-16-11-14)12-13-7-3-4-9-15(13)18-2/h3-4,7,9,14,16H,5-6,8,10-12H2,1-2H3. The lowest BCUT2D eigenvalue weighted by Gasteiger charge is -2.27. The van der Waals surface area contributed by atoms with Gasteiger partial charge in [0.05, 0.1) is 7.11 Å². The molecule has 1 aliphatic rings. The minimum Gasteiger partial charge on any atom is -0.496 e. The first-order chi connectivity index (χ1) is 8.81. The first-order valence-electron chi connectivity index (χ1n) is 6.84. The molecule has 1 aromatic rings. The van der Waals surface area contributed by atoms with Crippen molar-refractivity contribution in [2.75, 3.05) is 27.2 Å². The first-order valence-corrected chi connectivity index (χ1v) is 6.84. The summed E-state index contributed by atoms with van der Waals surface area (Å²) < 4.78 is 5.42. The van der Waals surface area contributed by atoms with E-state index in [9.17, 15) is 0 Å². The van der Waals surface area contributed by atoms with E-state index in [4.69, 9.17) is 4.74 Å². The molecule has 100 valence electrons. The van der Waals surface area contributed by atoms with Gasteiger partial charge in [-0.05, 0) is 32.5 Å². The Balaban J connectivity index is 1.98. The van der Waals surface area contributed by atoms with Gasteiger partial charge in [0, 0.05) is 24.7 Å². The fourth-order valence-electron chi connectivity index (χ4n) is 2.61. The molecule has 1 unspecified atom stereocenters. The molecule has 18 heavy (non-hydrogen) atoms. The topological polar surface area (TPSA) is 24.5 Å². The fourth-order valence-corrected chi connectivity index (χ4v) is 2.61. The lowest BCUT2D eigenvalue weighted by molar-refractivity contribution is 0.220. The highest BCUT2D eigenvalue weighted by Crippen LogP contribution is 2.20. The van der Waals surface area contributed by atoms with Gasteiger partial charge in [0.1, 0.15) is 5.75 Å². The summed E-state index contributed by atoms with van der Waals surface area (Å²) in [5.41, 5.74) is 1.27. The average molecular weight is 248 g/mol. The highest BCUT2D eigenvalue weighted by molar-refractivity contribution is 5.33. The Morgan fingerprint density at radius 1 is 1.33 bits per heavy atom. The Morgan fingerprint density at radius 3 is 3.00 bits per heavy atom. The molecule has 2 rings (SSSR count). The molecule has 1 saturated heterocycles. The summed E-state index contributed by atoms with van der Waals surface area (Å²) in [4.78, 5) is 2.44. The maximum Gasteiger partial charge on any atom is 0.123 e. The Bertz CT molecular complexity index is 359. The van der Waals surface area contributed by atoms with Gasteiger partial charge >= 0.3 is 0 Å². The van der Waals surface area contributed by atoms with Gasteiger partial charge in [-0.1, -0.05) is 24.6 Å². The summed E-state index contributed by atoms with van der Waals surface area (Å²) in [7, 11) is 3.95. The maximum absolute atomic E-state index is 5.42. The van der Waals surface area contributed by atoms with Crippen LogP contribution in [0.4, 0.5) is 0 Å². The molecule has 0 radical (unpaired) electrons. The van der Waals surface area contributed by atoms with Gasteiger partial charge in [-0.15, -0.1) is 0 Å². The van der Waals surface area contributed by atoms with Crippen LogP contribution in [0.2, 0.25) is 0 Å². The van der Waals surface area contributed by atoms with E-state index in [-0.39, 0.29) is 0 Å². The second kappa shape index (κ2) is 6.76. The van der Waals surface area contributed by atoms with Crippen molar-refractivity contribution in [2.24, 2.45) is 0 Å². The van der Waals surface area contributed by atoms with Gasteiger partial charge in [0.25, 0.3) is 0 Å². The minimum absolute atomic E-state index is 0.636. The zero-order valence-electron chi connectivity index (χ0n) is 11.5. The molecule has 3 nitrogen and oxygen atoms in total. The molecule has 0 bridgehead atoms. The summed E-state index contributed by atoms with van der Waals surface area (Å²) in [6.45, 7) is 3.22. The van der Waals surface area contributed by atoms with Crippen molar-refractivity contribution in [3.8, 4) is 5.75 Å². The molecule has 1 aromatic carbocycles. The van der Waals surface area contributed by atoms with Crippen molar-refractivity contribution in [3.05, 3.63) is 29.8 Å². The van der Waals surface area contributed by atoms with Gasteiger partial charge in [-0.3, -0.25) is 4.90 Å². The van der Waals surface area contributed by atoms with E-state index < -0.39 is 0 Å². The smallest absolute Gasteiger partial charge is 0.123 e. The summed E-state index contributed by atoms with van der Waals surface area (Å²) in [5.74, 6) is 0.992. The number of para-hydroxylation sites is 1. The van der Waals surface area contributed by atoms with Crippen LogP contribution in [0, 0.1) is 0 Å². The molecule has 1 fully saturated rings. The number of methoxy groups -OCH3 is 1. The Kier molecular flexibility index (Phi) is 5.02. The molecule has 0 amide bonds. The summed E-state index contributed by atoms with van der Waals surface area (Å²) in [5, 5.41) is 3.52. The number of rotatable bonds is 4. The number of nitrogens with one attached hydrogen (secondary N) is 1. The van der Waals surface area contributed by atoms with Gasteiger partial charge in [-0.2, -0.15) is 0 Å². The van der Waals surface area contributed by atoms with E-state index in [1.165, 1.54) is 31.4 Å². The second-order valence-electron chi connectivity index (χ2n) is 5.08. The Labute approximate surface area is 110 Å². The molecule has 1 N–H and O–H groups in total. The fraction of sp³-hybridized carbons (Fsp3) is 0.600. The lowest BCUT2D eigenvalue weighted by Crippen LogP contribution is -2.38. The molecular formula is C15H24N2O. The highest BCUT2D eigenvalue weighted by atomic mass is 16.5. The summed E-state index contributed by atoms with van der Waals surface area (Å²) >= 11 is 0. The van der Waals surface area contributed by atoms with E-state index >= 15 is 0 Å². The molecule has 0 aliphatic carbocycles. The third kappa shape index (κ3) is 3.47.